The van der Waals surface area contributed by atoms with Gasteiger partial charge in [0.15, 0.2) is 5.82 Å². The van der Waals surface area contributed by atoms with Crippen LogP contribution in [-0.2, 0) is 13.1 Å². The molecule has 4 rings (SSSR count). The van der Waals surface area contributed by atoms with E-state index in [1.54, 1.807) is 0 Å². The van der Waals surface area contributed by atoms with Crippen LogP contribution < -0.4 is 4.90 Å². The number of hydrogen-bond acceptors (Lipinski definition) is 5. The van der Waals surface area contributed by atoms with Crippen molar-refractivity contribution in [3.05, 3.63) is 53.5 Å². The third kappa shape index (κ3) is 3.49. The Morgan fingerprint density at radius 2 is 1.80 bits per heavy atom. The van der Waals surface area contributed by atoms with Gasteiger partial charge in [0.25, 0.3) is 5.78 Å². The number of fused-ring (bicyclic) bond motifs is 1. The van der Waals surface area contributed by atoms with Gasteiger partial charge >= 0.3 is 0 Å². The van der Waals surface area contributed by atoms with Gasteiger partial charge in [-0.1, -0.05) is 30.3 Å². The first-order chi connectivity index (χ1) is 12.2. The molecule has 3 heterocycles. The Kier molecular flexibility index (Phi) is 4.36. The van der Waals surface area contributed by atoms with Gasteiger partial charge in [-0.3, -0.25) is 4.90 Å². The van der Waals surface area contributed by atoms with Crippen LogP contribution in [0.1, 0.15) is 29.9 Å². The lowest BCUT2D eigenvalue weighted by atomic mass is 10.2. The number of aryl methyl sites for hydroxylation is 1. The number of hydrogen-bond donors (Lipinski definition) is 0. The van der Waals surface area contributed by atoms with E-state index in [0.717, 1.165) is 37.0 Å². The van der Waals surface area contributed by atoms with Crippen LogP contribution in [0.4, 0.5) is 5.82 Å². The number of anilines is 1. The fourth-order valence-corrected chi connectivity index (χ4v) is 3.44. The van der Waals surface area contributed by atoms with Gasteiger partial charge in [0.2, 0.25) is 0 Å². The second-order valence-electron chi connectivity index (χ2n) is 6.85. The molecule has 0 spiro atoms. The van der Waals surface area contributed by atoms with Crippen LogP contribution in [0.15, 0.2) is 36.4 Å². The van der Waals surface area contributed by atoms with E-state index in [9.17, 15) is 0 Å². The standard InChI is InChI=1S/C19H24N6/c1-15-12-18(24-10-6-7-11-24)25-19(20-15)21-17(22-25)14-23(2)13-16-8-4-3-5-9-16/h3-5,8-9,12H,6-7,10-11,13-14H2,1-2H3. The van der Waals surface area contributed by atoms with Crippen LogP contribution in [0.25, 0.3) is 5.78 Å². The van der Waals surface area contributed by atoms with Gasteiger partial charge in [0, 0.05) is 31.4 Å². The van der Waals surface area contributed by atoms with Gasteiger partial charge < -0.3 is 4.90 Å². The molecular weight excluding hydrogens is 312 g/mol. The highest BCUT2D eigenvalue weighted by molar-refractivity contribution is 5.48. The summed E-state index contributed by atoms with van der Waals surface area (Å²) < 4.78 is 1.91. The average Bonchev–Trinajstić information content (AvgIpc) is 3.24. The molecule has 0 unspecified atom stereocenters. The molecule has 0 atom stereocenters. The largest absolute Gasteiger partial charge is 0.356 e. The van der Waals surface area contributed by atoms with Crippen molar-refractivity contribution in [1.82, 2.24) is 24.5 Å². The van der Waals surface area contributed by atoms with Crippen LogP contribution in [0.2, 0.25) is 0 Å². The van der Waals surface area contributed by atoms with Gasteiger partial charge in [-0.2, -0.15) is 9.50 Å². The van der Waals surface area contributed by atoms with Crippen LogP contribution in [-0.4, -0.2) is 44.6 Å². The zero-order valence-corrected chi connectivity index (χ0v) is 14.9. The lowest BCUT2D eigenvalue weighted by molar-refractivity contribution is 0.311. The smallest absolute Gasteiger partial charge is 0.254 e. The molecule has 0 aliphatic carbocycles. The van der Waals surface area contributed by atoms with Gasteiger partial charge in [0.05, 0.1) is 6.54 Å². The minimum atomic E-state index is 0.699. The van der Waals surface area contributed by atoms with E-state index in [1.165, 1.54) is 18.4 Å². The van der Waals surface area contributed by atoms with Crippen LogP contribution in [0.5, 0.6) is 0 Å². The van der Waals surface area contributed by atoms with Gasteiger partial charge in [0.1, 0.15) is 5.82 Å². The molecule has 2 aromatic heterocycles. The van der Waals surface area contributed by atoms with Crippen molar-refractivity contribution in [1.29, 1.82) is 0 Å². The number of nitrogens with zero attached hydrogens (tertiary/aromatic N) is 6. The summed E-state index contributed by atoms with van der Waals surface area (Å²) in [5.41, 5.74) is 2.28. The Balaban J connectivity index is 1.57. The molecule has 0 bridgehead atoms. The molecule has 0 amide bonds. The van der Waals surface area contributed by atoms with Crippen molar-refractivity contribution in [3.8, 4) is 0 Å². The highest BCUT2D eigenvalue weighted by atomic mass is 15.4. The number of benzene rings is 1. The van der Waals surface area contributed by atoms with E-state index in [4.69, 9.17) is 5.10 Å². The molecule has 6 heteroatoms. The molecule has 0 saturated carbocycles. The molecule has 130 valence electrons. The normalized spacial score (nSPS) is 14.8. The third-order valence-electron chi connectivity index (χ3n) is 4.60. The van der Waals surface area contributed by atoms with Gasteiger partial charge in [-0.05, 0) is 32.4 Å². The quantitative estimate of drug-likeness (QED) is 0.717. The minimum Gasteiger partial charge on any atom is -0.356 e. The fraction of sp³-hybridized carbons (Fsp3) is 0.421. The van der Waals surface area contributed by atoms with Gasteiger partial charge in [-0.15, -0.1) is 5.10 Å². The minimum absolute atomic E-state index is 0.699. The highest BCUT2D eigenvalue weighted by Crippen LogP contribution is 2.21. The third-order valence-corrected chi connectivity index (χ3v) is 4.60. The van der Waals surface area contributed by atoms with Crippen molar-refractivity contribution in [2.45, 2.75) is 32.9 Å². The van der Waals surface area contributed by atoms with Gasteiger partial charge in [-0.25, -0.2) is 4.98 Å². The van der Waals surface area contributed by atoms with E-state index in [0.29, 0.717) is 12.3 Å². The van der Waals surface area contributed by atoms with E-state index in [1.807, 2.05) is 17.5 Å². The molecule has 25 heavy (non-hydrogen) atoms. The summed E-state index contributed by atoms with van der Waals surface area (Å²) in [6.45, 7) is 5.78. The maximum atomic E-state index is 4.74. The summed E-state index contributed by atoms with van der Waals surface area (Å²) >= 11 is 0. The molecule has 1 aliphatic heterocycles. The SMILES string of the molecule is Cc1cc(N2CCCC2)n2nc(CN(C)Cc3ccccc3)nc2n1. The van der Waals surface area contributed by atoms with Crippen molar-refractivity contribution in [2.75, 3.05) is 25.0 Å². The summed E-state index contributed by atoms with van der Waals surface area (Å²) in [5.74, 6) is 2.63. The fourth-order valence-electron chi connectivity index (χ4n) is 3.44. The maximum absolute atomic E-state index is 4.74. The van der Waals surface area contributed by atoms with E-state index in [2.05, 4.69) is 57.1 Å². The first-order valence-electron chi connectivity index (χ1n) is 8.90. The second-order valence-corrected chi connectivity index (χ2v) is 6.85. The lowest BCUT2D eigenvalue weighted by Crippen LogP contribution is -2.21. The van der Waals surface area contributed by atoms with Crippen molar-refractivity contribution in [2.24, 2.45) is 0 Å². The van der Waals surface area contributed by atoms with Crippen LogP contribution >= 0.6 is 0 Å². The van der Waals surface area contributed by atoms with E-state index < -0.39 is 0 Å². The predicted molar refractivity (Wildman–Crippen MR) is 98.6 cm³/mol. The van der Waals surface area contributed by atoms with Crippen molar-refractivity contribution >= 4 is 11.6 Å². The molecule has 1 saturated heterocycles. The Morgan fingerprint density at radius 1 is 1.04 bits per heavy atom. The molecule has 1 fully saturated rings. The summed E-state index contributed by atoms with van der Waals surface area (Å²) in [6, 6.07) is 12.6. The lowest BCUT2D eigenvalue weighted by Gasteiger charge is -2.18. The summed E-state index contributed by atoms with van der Waals surface area (Å²) in [7, 11) is 2.10. The molecule has 1 aliphatic rings. The Hall–Kier alpha value is -2.47. The Morgan fingerprint density at radius 3 is 2.56 bits per heavy atom. The van der Waals surface area contributed by atoms with E-state index >= 15 is 0 Å². The molecule has 0 N–H and O–H groups in total. The van der Waals surface area contributed by atoms with Crippen molar-refractivity contribution < 1.29 is 0 Å². The monoisotopic (exact) mass is 336 g/mol. The summed E-state index contributed by atoms with van der Waals surface area (Å²) in [4.78, 5) is 13.8. The topological polar surface area (TPSA) is 49.6 Å². The molecule has 1 aromatic carbocycles. The highest BCUT2D eigenvalue weighted by Gasteiger charge is 2.18. The molecular formula is C19H24N6. The number of rotatable bonds is 5. The zero-order chi connectivity index (χ0) is 17.2. The second kappa shape index (κ2) is 6.80. The van der Waals surface area contributed by atoms with Crippen LogP contribution in [0, 0.1) is 6.92 Å². The summed E-state index contributed by atoms with van der Waals surface area (Å²) in [6.07, 6.45) is 2.48. The predicted octanol–water partition coefficient (Wildman–Crippen LogP) is 2.66. The Bertz CT molecular complexity index is 851. The molecule has 3 aromatic rings. The maximum Gasteiger partial charge on any atom is 0.254 e. The first-order valence-corrected chi connectivity index (χ1v) is 8.90. The molecule has 0 radical (unpaired) electrons. The molecule has 6 nitrogen and oxygen atoms in total. The number of aromatic nitrogens is 4. The van der Waals surface area contributed by atoms with Crippen LogP contribution in [0.3, 0.4) is 0 Å². The van der Waals surface area contributed by atoms with E-state index in [-0.39, 0.29) is 0 Å². The Labute approximate surface area is 148 Å². The summed E-state index contributed by atoms with van der Waals surface area (Å²) in [5, 5.41) is 4.74. The van der Waals surface area contributed by atoms with Crippen molar-refractivity contribution in [3.63, 3.8) is 0 Å². The first kappa shape index (κ1) is 16.0. The zero-order valence-electron chi connectivity index (χ0n) is 14.9. The average molecular weight is 336 g/mol.